The Bertz CT molecular complexity index is 858. The number of esters is 1. The molecule has 0 heterocycles. The molecule has 0 amide bonds. The smallest absolute Gasteiger partial charge is 0.343 e. The summed E-state index contributed by atoms with van der Waals surface area (Å²) in [6.45, 7) is 31.0. The molecule has 7 heteroatoms. The first-order chi connectivity index (χ1) is 14.3. The first kappa shape index (κ1) is 28.2. The molecule has 0 radical (unpaired) electrons. The molecule has 0 aliphatic heterocycles. The number of ether oxygens (including phenoxy) is 1. The molecule has 1 aromatic carbocycles. The predicted octanol–water partition coefficient (Wildman–Crippen LogP) is 7.87. The third kappa shape index (κ3) is 7.08. The number of carbonyl (C=O) groups is 1. The lowest BCUT2D eigenvalue weighted by Gasteiger charge is -2.36. The van der Waals surface area contributed by atoms with Gasteiger partial charge < -0.3 is 14.1 Å². The summed E-state index contributed by atoms with van der Waals surface area (Å²) < 4.78 is 17.7. The van der Waals surface area contributed by atoms with Crippen LogP contribution in [0.3, 0.4) is 0 Å². The van der Waals surface area contributed by atoms with E-state index in [9.17, 15) is 4.79 Å². The van der Waals surface area contributed by atoms with Gasteiger partial charge in [-0.25, -0.2) is 9.37 Å². The quantitative estimate of drug-likeness (QED) is 0.0902. The van der Waals surface area contributed by atoms with E-state index in [2.05, 4.69) is 80.9 Å². The predicted molar refractivity (Wildman–Crippen MR) is 138 cm³/mol. The van der Waals surface area contributed by atoms with Gasteiger partial charge in [-0.15, -0.1) is 0 Å². The maximum absolute atomic E-state index is 12.6. The summed E-state index contributed by atoms with van der Waals surface area (Å²) in [7, 11) is -4.28. The van der Waals surface area contributed by atoms with Crippen molar-refractivity contribution in [2.45, 2.75) is 91.2 Å². The average molecular weight is 479 g/mol. The molecular formula is C25H42O5Si2. The number of allylic oxidation sites excluding steroid dienone is 1. The summed E-state index contributed by atoms with van der Waals surface area (Å²) in [6.07, 6.45) is 0.538. The Hall–Kier alpha value is -1.84. The van der Waals surface area contributed by atoms with Crippen LogP contribution in [0.4, 0.5) is 0 Å². The van der Waals surface area contributed by atoms with Crippen LogP contribution in [0.15, 0.2) is 37.1 Å². The van der Waals surface area contributed by atoms with Gasteiger partial charge in [0, 0.05) is 18.1 Å². The second-order valence-corrected chi connectivity index (χ2v) is 20.6. The summed E-state index contributed by atoms with van der Waals surface area (Å²) in [5.41, 5.74) is 0.674. The number of hydrogen-bond acceptors (Lipinski definition) is 5. The second-order valence-electron chi connectivity index (χ2n) is 11.2. The molecule has 1 rings (SSSR count). The van der Waals surface area contributed by atoms with Crippen molar-refractivity contribution in [3.05, 3.63) is 42.7 Å². The molecule has 0 unspecified atom stereocenters. The maximum atomic E-state index is 12.6. The molecular weight excluding hydrogens is 436 g/mol. The van der Waals surface area contributed by atoms with Gasteiger partial charge in [0.05, 0.1) is 5.57 Å². The molecule has 5 nitrogen and oxygen atoms in total. The molecule has 0 N–H and O–H groups in total. The van der Waals surface area contributed by atoms with E-state index in [1.807, 2.05) is 13.0 Å². The van der Waals surface area contributed by atoms with E-state index in [1.165, 1.54) is 0 Å². The Morgan fingerprint density at radius 1 is 0.938 bits per heavy atom. The molecule has 0 saturated heterocycles. The SMILES string of the molecule is C=C(CC)OC(=O)C(=C)c1ccc(O[Si](C)(C)C(C)(C)C)cc1OO[Si](C)(C)C(C)(C)C. The van der Waals surface area contributed by atoms with Crippen LogP contribution in [0.25, 0.3) is 5.57 Å². The van der Waals surface area contributed by atoms with Gasteiger partial charge in [-0.3, -0.25) is 0 Å². The normalized spacial score (nSPS) is 12.8. The van der Waals surface area contributed by atoms with Crippen molar-refractivity contribution in [2.24, 2.45) is 0 Å². The van der Waals surface area contributed by atoms with Crippen LogP contribution in [0.2, 0.25) is 36.3 Å². The molecule has 0 saturated carbocycles. The Kier molecular flexibility index (Phi) is 8.79. The molecule has 0 bridgehead atoms. The lowest BCUT2D eigenvalue weighted by Crippen LogP contribution is -2.43. The van der Waals surface area contributed by atoms with E-state index >= 15 is 0 Å². The van der Waals surface area contributed by atoms with E-state index in [-0.39, 0.29) is 15.6 Å². The molecule has 0 spiro atoms. The van der Waals surface area contributed by atoms with Crippen LogP contribution < -0.4 is 9.31 Å². The molecule has 0 aliphatic carbocycles. The highest BCUT2D eigenvalue weighted by atomic mass is 28.4. The summed E-state index contributed by atoms with van der Waals surface area (Å²) in [5, 5.41) is -0.00450. The van der Waals surface area contributed by atoms with E-state index in [0.717, 1.165) is 0 Å². The lowest BCUT2D eigenvalue weighted by molar-refractivity contribution is -0.133. The Labute approximate surface area is 197 Å². The molecule has 180 valence electrons. The molecule has 0 atom stereocenters. The van der Waals surface area contributed by atoms with Crippen LogP contribution in [-0.4, -0.2) is 22.6 Å². The highest BCUT2D eigenvalue weighted by Crippen LogP contribution is 2.41. The summed E-state index contributed by atoms with van der Waals surface area (Å²) >= 11 is 0. The summed E-state index contributed by atoms with van der Waals surface area (Å²) in [6, 6.07) is 5.38. The van der Waals surface area contributed by atoms with Gasteiger partial charge in [-0.2, -0.15) is 0 Å². The summed E-state index contributed by atoms with van der Waals surface area (Å²) in [4.78, 5) is 18.5. The molecule has 1 aromatic rings. The van der Waals surface area contributed by atoms with Crippen molar-refractivity contribution in [2.75, 3.05) is 0 Å². The van der Waals surface area contributed by atoms with E-state index in [4.69, 9.17) is 18.6 Å². The van der Waals surface area contributed by atoms with E-state index in [0.29, 0.717) is 29.2 Å². The van der Waals surface area contributed by atoms with Gasteiger partial charge >= 0.3 is 5.97 Å². The van der Waals surface area contributed by atoms with Crippen LogP contribution in [-0.2, 0) is 14.1 Å². The number of benzene rings is 1. The zero-order chi connectivity index (χ0) is 25.1. The van der Waals surface area contributed by atoms with Gasteiger partial charge in [0.15, 0.2) is 5.75 Å². The largest absolute Gasteiger partial charge is 0.543 e. The fourth-order valence-corrected chi connectivity index (χ4v) is 3.55. The first-order valence-corrected chi connectivity index (χ1v) is 16.9. The van der Waals surface area contributed by atoms with Crippen molar-refractivity contribution >= 4 is 28.2 Å². The topological polar surface area (TPSA) is 54.0 Å². The van der Waals surface area contributed by atoms with Crippen LogP contribution in [0, 0.1) is 0 Å². The maximum Gasteiger partial charge on any atom is 0.343 e. The fourth-order valence-electron chi connectivity index (χ4n) is 1.98. The number of carbonyl (C=O) groups excluding carboxylic acids is 1. The van der Waals surface area contributed by atoms with Crippen LogP contribution in [0.1, 0.15) is 60.5 Å². The number of hydrogen-bond donors (Lipinski definition) is 0. The number of rotatable bonds is 9. The highest BCUT2D eigenvalue weighted by molar-refractivity contribution is 6.74. The van der Waals surface area contributed by atoms with Gasteiger partial charge in [0.2, 0.25) is 8.32 Å². The molecule has 0 fully saturated rings. The van der Waals surface area contributed by atoms with Crippen LogP contribution >= 0.6 is 0 Å². The minimum atomic E-state index is -2.21. The summed E-state index contributed by atoms with van der Waals surface area (Å²) in [5.74, 6) is 0.879. The zero-order valence-corrected chi connectivity index (χ0v) is 23.9. The van der Waals surface area contributed by atoms with E-state index < -0.39 is 22.6 Å². The lowest BCUT2D eigenvalue weighted by atomic mass is 10.1. The first-order valence-electron chi connectivity index (χ1n) is 11.1. The van der Waals surface area contributed by atoms with E-state index in [1.54, 1.807) is 12.1 Å². The van der Waals surface area contributed by atoms with Crippen molar-refractivity contribution in [1.29, 1.82) is 0 Å². The minimum Gasteiger partial charge on any atom is -0.543 e. The van der Waals surface area contributed by atoms with Gasteiger partial charge in [0.1, 0.15) is 11.5 Å². The monoisotopic (exact) mass is 478 g/mol. The van der Waals surface area contributed by atoms with Crippen molar-refractivity contribution in [1.82, 2.24) is 0 Å². The third-order valence-electron chi connectivity index (χ3n) is 6.48. The third-order valence-corrected chi connectivity index (χ3v) is 15.0. The minimum absolute atomic E-state index is 0.0399. The standard InChI is InChI=1S/C25H42O5Si2/c1-14-18(2)27-23(26)19(3)21-16-15-20(29-31(10,11)24(4,5)6)17-22(21)28-30-32(12,13)25(7,8)9/h15-17H,2-3,14H2,1,4-13H3. The fraction of sp³-hybridized carbons (Fsp3) is 0.560. The van der Waals surface area contributed by atoms with Gasteiger partial charge in [-0.1, -0.05) is 61.6 Å². The van der Waals surface area contributed by atoms with Crippen LogP contribution in [0.5, 0.6) is 11.5 Å². The molecule has 32 heavy (non-hydrogen) atoms. The Balaban J connectivity index is 3.35. The van der Waals surface area contributed by atoms with Crippen molar-refractivity contribution < 1.29 is 23.4 Å². The Morgan fingerprint density at radius 2 is 1.47 bits per heavy atom. The highest BCUT2D eigenvalue weighted by Gasteiger charge is 2.41. The average Bonchev–Trinajstić information content (AvgIpc) is 2.63. The Morgan fingerprint density at radius 3 is 1.94 bits per heavy atom. The van der Waals surface area contributed by atoms with Gasteiger partial charge in [0.25, 0.3) is 8.32 Å². The van der Waals surface area contributed by atoms with Crippen molar-refractivity contribution in [3.63, 3.8) is 0 Å². The van der Waals surface area contributed by atoms with Crippen molar-refractivity contribution in [3.8, 4) is 11.5 Å². The van der Waals surface area contributed by atoms with Gasteiger partial charge in [-0.05, 0) is 48.4 Å². The molecule has 0 aliphatic rings. The molecule has 0 aromatic heterocycles. The zero-order valence-electron chi connectivity index (χ0n) is 21.9. The second kappa shape index (κ2) is 9.97.